The molecule has 23 heavy (non-hydrogen) atoms. The smallest absolute Gasteiger partial charge is 0.251 e. The molecule has 2 rings (SSSR count). The van der Waals surface area contributed by atoms with Crippen molar-refractivity contribution in [3.8, 4) is 0 Å². The Hall–Kier alpha value is -1.93. The maximum Gasteiger partial charge on any atom is 0.251 e. The van der Waals surface area contributed by atoms with Crippen molar-refractivity contribution in [3.63, 3.8) is 0 Å². The van der Waals surface area contributed by atoms with Gasteiger partial charge < -0.3 is 5.32 Å². The lowest BCUT2D eigenvalue weighted by atomic mass is 10.1. The molecule has 8 heteroatoms. The van der Waals surface area contributed by atoms with E-state index in [0.29, 0.717) is 15.7 Å². The van der Waals surface area contributed by atoms with E-state index in [2.05, 4.69) is 26.0 Å². The molecule has 0 radical (unpaired) electrons. The molecule has 0 fully saturated rings. The van der Waals surface area contributed by atoms with E-state index < -0.39 is 21.7 Å². The van der Waals surface area contributed by atoms with Crippen molar-refractivity contribution in [1.82, 2.24) is 5.32 Å². The average molecular weight is 401 g/mol. The molecule has 2 aromatic carbocycles. The standard InChI is InChI=1S/C15H14BrFN2O3S/c1-23(21,22)19-14-5-3-2-4-10(14)9-18-15(20)11-6-12(16)8-13(17)7-11/h2-8,19H,9H2,1H3,(H,18,20). The van der Waals surface area contributed by atoms with E-state index in [4.69, 9.17) is 0 Å². The number of halogens is 2. The first-order valence-corrected chi connectivity index (χ1v) is 9.23. The van der Waals surface area contributed by atoms with Gasteiger partial charge in [0, 0.05) is 16.6 Å². The van der Waals surface area contributed by atoms with Crippen LogP contribution in [0.3, 0.4) is 0 Å². The molecule has 0 bridgehead atoms. The Labute approximate surface area is 142 Å². The number of carbonyl (C=O) groups is 1. The molecular formula is C15H14BrFN2O3S. The molecule has 0 heterocycles. The zero-order valence-electron chi connectivity index (χ0n) is 12.1. The molecular weight excluding hydrogens is 387 g/mol. The second-order valence-electron chi connectivity index (χ2n) is 4.87. The number of carbonyl (C=O) groups excluding carboxylic acids is 1. The number of nitrogens with one attached hydrogen (secondary N) is 2. The molecule has 0 aromatic heterocycles. The average Bonchev–Trinajstić information content (AvgIpc) is 2.43. The Morgan fingerprint density at radius 3 is 2.57 bits per heavy atom. The van der Waals surface area contributed by atoms with E-state index in [0.717, 1.165) is 12.3 Å². The molecule has 0 aliphatic heterocycles. The second kappa shape index (κ2) is 7.10. The Morgan fingerprint density at radius 2 is 1.91 bits per heavy atom. The van der Waals surface area contributed by atoms with Crippen LogP contribution in [0.5, 0.6) is 0 Å². The van der Waals surface area contributed by atoms with Crippen LogP contribution in [0.2, 0.25) is 0 Å². The van der Waals surface area contributed by atoms with Gasteiger partial charge in [-0.05, 0) is 29.8 Å². The van der Waals surface area contributed by atoms with E-state index >= 15 is 0 Å². The minimum atomic E-state index is -3.42. The zero-order chi connectivity index (χ0) is 17.0. The Bertz CT molecular complexity index is 820. The number of para-hydroxylation sites is 1. The summed E-state index contributed by atoms with van der Waals surface area (Å²) in [6.07, 6.45) is 1.05. The minimum Gasteiger partial charge on any atom is -0.348 e. The van der Waals surface area contributed by atoms with Crippen LogP contribution in [0.25, 0.3) is 0 Å². The minimum absolute atomic E-state index is 0.103. The fourth-order valence-electron chi connectivity index (χ4n) is 1.94. The third-order valence-corrected chi connectivity index (χ3v) is 3.93. The molecule has 0 unspecified atom stereocenters. The molecule has 0 aliphatic rings. The lowest BCUT2D eigenvalue weighted by Gasteiger charge is -2.11. The van der Waals surface area contributed by atoms with Crippen LogP contribution in [0, 0.1) is 5.82 Å². The predicted octanol–water partition coefficient (Wildman–Crippen LogP) is 2.89. The van der Waals surface area contributed by atoms with Crippen molar-refractivity contribution in [2.24, 2.45) is 0 Å². The fourth-order valence-corrected chi connectivity index (χ4v) is 3.00. The molecule has 0 saturated carbocycles. The summed E-state index contributed by atoms with van der Waals surface area (Å²) in [5, 5.41) is 2.63. The number of amides is 1. The molecule has 0 atom stereocenters. The second-order valence-corrected chi connectivity index (χ2v) is 7.54. The fraction of sp³-hybridized carbons (Fsp3) is 0.133. The van der Waals surface area contributed by atoms with Crippen molar-refractivity contribution in [2.45, 2.75) is 6.54 Å². The third-order valence-electron chi connectivity index (χ3n) is 2.88. The maximum absolute atomic E-state index is 13.3. The highest BCUT2D eigenvalue weighted by Crippen LogP contribution is 2.17. The SMILES string of the molecule is CS(=O)(=O)Nc1ccccc1CNC(=O)c1cc(F)cc(Br)c1. The van der Waals surface area contributed by atoms with Gasteiger partial charge >= 0.3 is 0 Å². The van der Waals surface area contributed by atoms with Crippen molar-refractivity contribution in [2.75, 3.05) is 11.0 Å². The monoisotopic (exact) mass is 400 g/mol. The van der Waals surface area contributed by atoms with Crippen LogP contribution in [0.4, 0.5) is 10.1 Å². The first-order valence-electron chi connectivity index (χ1n) is 6.54. The summed E-state index contributed by atoms with van der Waals surface area (Å²) in [6, 6.07) is 10.6. The third kappa shape index (κ3) is 5.33. The van der Waals surface area contributed by atoms with Crippen molar-refractivity contribution in [1.29, 1.82) is 0 Å². The van der Waals surface area contributed by atoms with Crippen LogP contribution in [0.1, 0.15) is 15.9 Å². The van der Waals surface area contributed by atoms with Crippen molar-refractivity contribution < 1.29 is 17.6 Å². The Balaban J connectivity index is 2.13. The van der Waals surface area contributed by atoms with E-state index in [1.807, 2.05) is 0 Å². The number of hydrogen-bond acceptors (Lipinski definition) is 3. The molecule has 0 aliphatic carbocycles. The van der Waals surface area contributed by atoms with Gasteiger partial charge in [0.05, 0.1) is 11.9 Å². The summed E-state index contributed by atoms with van der Waals surface area (Å²) >= 11 is 3.13. The molecule has 2 aromatic rings. The topological polar surface area (TPSA) is 75.3 Å². The first-order chi connectivity index (χ1) is 10.7. The predicted molar refractivity (Wildman–Crippen MR) is 90.2 cm³/mol. The number of benzene rings is 2. The van der Waals surface area contributed by atoms with Gasteiger partial charge in [0.2, 0.25) is 10.0 Å². The largest absolute Gasteiger partial charge is 0.348 e. The number of sulfonamides is 1. The van der Waals surface area contributed by atoms with Gasteiger partial charge in [0.25, 0.3) is 5.91 Å². The van der Waals surface area contributed by atoms with Gasteiger partial charge in [-0.2, -0.15) is 0 Å². The van der Waals surface area contributed by atoms with E-state index in [-0.39, 0.29) is 12.1 Å². The summed E-state index contributed by atoms with van der Waals surface area (Å²) in [6.45, 7) is 0.103. The summed E-state index contributed by atoms with van der Waals surface area (Å²) in [5.74, 6) is -0.983. The molecule has 0 spiro atoms. The zero-order valence-corrected chi connectivity index (χ0v) is 14.5. The molecule has 1 amide bonds. The van der Waals surface area contributed by atoms with Gasteiger partial charge in [-0.15, -0.1) is 0 Å². The highest BCUT2D eigenvalue weighted by molar-refractivity contribution is 9.10. The van der Waals surface area contributed by atoms with Gasteiger partial charge in [-0.25, -0.2) is 12.8 Å². The van der Waals surface area contributed by atoms with Crippen LogP contribution in [-0.4, -0.2) is 20.6 Å². The molecule has 122 valence electrons. The highest BCUT2D eigenvalue weighted by Gasteiger charge is 2.11. The van der Waals surface area contributed by atoms with E-state index in [9.17, 15) is 17.6 Å². The van der Waals surface area contributed by atoms with Gasteiger partial charge in [0.1, 0.15) is 5.82 Å². The quantitative estimate of drug-likeness (QED) is 0.809. The van der Waals surface area contributed by atoms with E-state index in [1.165, 1.54) is 12.1 Å². The maximum atomic E-state index is 13.3. The number of rotatable bonds is 5. The lowest BCUT2D eigenvalue weighted by Crippen LogP contribution is -2.24. The van der Waals surface area contributed by atoms with Crippen LogP contribution in [-0.2, 0) is 16.6 Å². The van der Waals surface area contributed by atoms with Crippen molar-refractivity contribution >= 4 is 37.5 Å². The number of anilines is 1. The highest BCUT2D eigenvalue weighted by atomic mass is 79.9. The summed E-state index contributed by atoms with van der Waals surface area (Å²) in [5.41, 5.74) is 1.16. The number of hydrogen-bond donors (Lipinski definition) is 2. The summed E-state index contributed by atoms with van der Waals surface area (Å²) in [4.78, 5) is 12.1. The molecule has 0 saturated heterocycles. The normalized spacial score (nSPS) is 11.1. The van der Waals surface area contributed by atoms with Gasteiger partial charge in [-0.3, -0.25) is 9.52 Å². The van der Waals surface area contributed by atoms with Crippen molar-refractivity contribution in [3.05, 3.63) is 63.9 Å². The van der Waals surface area contributed by atoms with Crippen LogP contribution >= 0.6 is 15.9 Å². The summed E-state index contributed by atoms with van der Waals surface area (Å²) in [7, 11) is -3.42. The molecule has 5 nitrogen and oxygen atoms in total. The van der Waals surface area contributed by atoms with Gasteiger partial charge in [-0.1, -0.05) is 34.1 Å². The summed E-state index contributed by atoms with van der Waals surface area (Å²) < 4.78 is 38.8. The Kier molecular flexibility index (Phi) is 5.38. The first kappa shape index (κ1) is 17.4. The van der Waals surface area contributed by atoms with Gasteiger partial charge in [0.15, 0.2) is 0 Å². The van der Waals surface area contributed by atoms with E-state index in [1.54, 1.807) is 24.3 Å². The van der Waals surface area contributed by atoms with Crippen LogP contribution in [0.15, 0.2) is 46.9 Å². The lowest BCUT2D eigenvalue weighted by molar-refractivity contribution is 0.0950. The molecule has 2 N–H and O–H groups in total. The Morgan fingerprint density at radius 1 is 1.22 bits per heavy atom. The van der Waals surface area contributed by atoms with Crippen LogP contribution < -0.4 is 10.0 Å².